The molecule has 0 bridgehead atoms. The number of amides is 1. The van der Waals surface area contributed by atoms with E-state index in [0.29, 0.717) is 39.0 Å². The molecule has 1 aliphatic carbocycles. The van der Waals surface area contributed by atoms with Crippen molar-refractivity contribution in [1.82, 2.24) is 4.90 Å². The molecule has 1 saturated heterocycles. The third kappa shape index (κ3) is 3.42. The van der Waals surface area contributed by atoms with E-state index < -0.39 is 17.2 Å². The monoisotopic (exact) mass is 285 g/mol. The zero-order valence-electron chi connectivity index (χ0n) is 12.3. The van der Waals surface area contributed by atoms with Crippen LogP contribution >= 0.6 is 0 Å². The molecule has 1 heterocycles. The van der Waals surface area contributed by atoms with Gasteiger partial charge in [0.2, 0.25) is 0 Å². The predicted molar refractivity (Wildman–Crippen MR) is 71.5 cm³/mol. The molecule has 1 spiro atoms. The lowest BCUT2D eigenvalue weighted by Gasteiger charge is -2.40. The van der Waals surface area contributed by atoms with Crippen LogP contribution in [-0.2, 0) is 14.3 Å². The summed E-state index contributed by atoms with van der Waals surface area (Å²) in [7, 11) is 0. The lowest BCUT2D eigenvalue weighted by Crippen LogP contribution is -2.53. The Bertz CT molecular complexity index is 403. The molecule has 2 atom stereocenters. The average molecular weight is 285 g/mol. The summed E-state index contributed by atoms with van der Waals surface area (Å²) in [5.41, 5.74) is -1.03. The molecule has 2 fully saturated rings. The number of morpholine rings is 1. The average Bonchev–Trinajstić information content (AvgIpc) is 2.71. The fraction of sp³-hybridized carbons (Fsp3) is 0.857. The number of rotatable bonds is 1. The van der Waals surface area contributed by atoms with Gasteiger partial charge in [-0.25, -0.2) is 4.79 Å². The summed E-state index contributed by atoms with van der Waals surface area (Å²) in [4.78, 5) is 24.8. The molecule has 114 valence electrons. The first-order chi connectivity index (χ1) is 9.21. The summed E-state index contributed by atoms with van der Waals surface area (Å²) in [5, 5.41) is 9.09. The molecule has 0 aromatic heterocycles. The molecular formula is C14H23NO5. The van der Waals surface area contributed by atoms with Crippen LogP contribution in [0.4, 0.5) is 4.79 Å². The lowest BCUT2D eigenvalue weighted by molar-refractivity contribution is -0.143. The van der Waals surface area contributed by atoms with Crippen LogP contribution in [0, 0.1) is 5.92 Å². The van der Waals surface area contributed by atoms with E-state index in [9.17, 15) is 9.59 Å². The normalized spacial score (nSPS) is 30.6. The van der Waals surface area contributed by atoms with Gasteiger partial charge in [0.05, 0.1) is 24.7 Å². The van der Waals surface area contributed by atoms with Crippen molar-refractivity contribution in [2.45, 2.75) is 51.2 Å². The van der Waals surface area contributed by atoms with Crippen LogP contribution in [0.2, 0.25) is 0 Å². The lowest BCUT2D eigenvalue weighted by atomic mass is 9.98. The number of carboxylic acids is 1. The Hall–Kier alpha value is -1.30. The number of hydrogen-bond donors (Lipinski definition) is 1. The molecule has 20 heavy (non-hydrogen) atoms. The van der Waals surface area contributed by atoms with Crippen molar-refractivity contribution in [3.63, 3.8) is 0 Å². The molecule has 0 radical (unpaired) electrons. The van der Waals surface area contributed by atoms with Crippen molar-refractivity contribution in [3.8, 4) is 0 Å². The van der Waals surface area contributed by atoms with E-state index in [1.165, 1.54) is 0 Å². The van der Waals surface area contributed by atoms with Gasteiger partial charge in [-0.1, -0.05) is 0 Å². The third-order valence-corrected chi connectivity index (χ3v) is 3.82. The third-order valence-electron chi connectivity index (χ3n) is 3.82. The number of hydrogen-bond acceptors (Lipinski definition) is 4. The number of carboxylic acid groups (broad SMARTS) is 1. The first kappa shape index (κ1) is 15.1. The van der Waals surface area contributed by atoms with Gasteiger partial charge in [-0.05, 0) is 40.0 Å². The minimum Gasteiger partial charge on any atom is -0.481 e. The first-order valence-electron chi connectivity index (χ1n) is 7.05. The van der Waals surface area contributed by atoms with Crippen molar-refractivity contribution >= 4 is 12.1 Å². The Kier molecular flexibility index (Phi) is 3.95. The summed E-state index contributed by atoms with van der Waals surface area (Å²) in [6.45, 7) is 6.84. The predicted octanol–water partition coefficient (Wildman–Crippen LogP) is 1.88. The molecule has 1 saturated carbocycles. The highest BCUT2D eigenvalue weighted by Crippen LogP contribution is 2.40. The minimum atomic E-state index is -0.778. The largest absolute Gasteiger partial charge is 0.481 e. The van der Waals surface area contributed by atoms with Crippen LogP contribution in [0.1, 0.15) is 40.0 Å². The fourth-order valence-corrected chi connectivity index (χ4v) is 2.90. The summed E-state index contributed by atoms with van der Waals surface area (Å²) in [5.74, 6) is -1.14. The van der Waals surface area contributed by atoms with E-state index in [1.807, 2.05) is 20.8 Å². The SMILES string of the molecule is CC(C)(C)OC(=O)N1CCO[C@]2(CC[C@@H](C(=O)O)C2)C1. The van der Waals surface area contributed by atoms with Crippen LogP contribution in [0.25, 0.3) is 0 Å². The number of aliphatic carboxylic acids is 1. The van der Waals surface area contributed by atoms with Crippen LogP contribution in [0.3, 0.4) is 0 Å². The van der Waals surface area contributed by atoms with Crippen molar-refractivity contribution in [1.29, 1.82) is 0 Å². The molecule has 6 heteroatoms. The highest BCUT2D eigenvalue weighted by Gasteiger charge is 2.47. The summed E-state index contributed by atoms with van der Waals surface area (Å²) in [6.07, 6.45) is 1.42. The number of carbonyl (C=O) groups excluding carboxylic acids is 1. The Morgan fingerprint density at radius 1 is 1.40 bits per heavy atom. The van der Waals surface area contributed by atoms with Crippen molar-refractivity contribution in [2.75, 3.05) is 19.7 Å². The fourth-order valence-electron chi connectivity index (χ4n) is 2.90. The maximum absolute atomic E-state index is 12.1. The highest BCUT2D eigenvalue weighted by atomic mass is 16.6. The first-order valence-corrected chi connectivity index (χ1v) is 7.05. The standard InChI is InChI=1S/C14H23NO5/c1-13(2,3)20-12(18)15-6-7-19-14(9-15)5-4-10(8-14)11(16)17/h10H,4-9H2,1-3H3,(H,16,17)/t10-,14+/m1/s1. The highest BCUT2D eigenvalue weighted by molar-refractivity contribution is 5.71. The van der Waals surface area contributed by atoms with Crippen LogP contribution in [-0.4, -0.2) is 53.0 Å². The summed E-state index contributed by atoms with van der Waals surface area (Å²) >= 11 is 0. The smallest absolute Gasteiger partial charge is 0.410 e. The molecule has 2 rings (SSSR count). The Balaban J connectivity index is 1.99. The maximum atomic E-state index is 12.1. The molecule has 0 aromatic rings. The van der Waals surface area contributed by atoms with Gasteiger partial charge >= 0.3 is 12.1 Å². The van der Waals surface area contributed by atoms with Crippen LogP contribution < -0.4 is 0 Å². The summed E-state index contributed by atoms with van der Waals surface area (Å²) < 4.78 is 11.2. The van der Waals surface area contributed by atoms with E-state index in [0.717, 1.165) is 0 Å². The van der Waals surface area contributed by atoms with Crippen molar-refractivity contribution < 1.29 is 24.2 Å². The quantitative estimate of drug-likeness (QED) is 0.796. The summed E-state index contributed by atoms with van der Waals surface area (Å²) in [6, 6.07) is 0. The topological polar surface area (TPSA) is 76.1 Å². The van der Waals surface area contributed by atoms with E-state index >= 15 is 0 Å². The molecule has 1 aliphatic heterocycles. The molecule has 1 amide bonds. The molecule has 0 unspecified atom stereocenters. The van der Waals surface area contributed by atoms with E-state index in [2.05, 4.69) is 0 Å². The second-order valence-corrected chi connectivity index (χ2v) is 6.71. The number of carbonyl (C=O) groups is 2. The molecule has 1 N–H and O–H groups in total. The van der Waals surface area contributed by atoms with Crippen molar-refractivity contribution in [2.24, 2.45) is 5.92 Å². The van der Waals surface area contributed by atoms with Gasteiger partial charge in [0.15, 0.2) is 0 Å². The second kappa shape index (κ2) is 5.24. The van der Waals surface area contributed by atoms with Gasteiger partial charge in [0, 0.05) is 6.54 Å². The van der Waals surface area contributed by atoms with Gasteiger partial charge in [-0.2, -0.15) is 0 Å². The molecule has 0 aromatic carbocycles. The Labute approximate surface area is 119 Å². The van der Waals surface area contributed by atoms with Crippen LogP contribution in [0.15, 0.2) is 0 Å². The maximum Gasteiger partial charge on any atom is 0.410 e. The number of nitrogens with zero attached hydrogens (tertiary/aromatic N) is 1. The van der Waals surface area contributed by atoms with Crippen LogP contribution in [0.5, 0.6) is 0 Å². The zero-order chi connectivity index (χ0) is 15.0. The number of ether oxygens (including phenoxy) is 2. The van der Waals surface area contributed by atoms with Gasteiger partial charge < -0.3 is 19.5 Å². The van der Waals surface area contributed by atoms with Gasteiger partial charge in [0.25, 0.3) is 0 Å². The van der Waals surface area contributed by atoms with Crippen molar-refractivity contribution in [3.05, 3.63) is 0 Å². The van der Waals surface area contributed by atoms with Gasteiger partial charge in [0.1, 0.15) is 5.60 Å². The van der Waals surface area contributed by atoms with E-state index in [4.69, 9.17) is 14.6 Å². The zero-order valence-corrected chi connectivity index (χ0v) is 12.3. The minimum absolute atomic E-state index is 0.348. The van der Waals surface area contributed by atoms with Gasteiger partial charge in [-0.15, -0.1) is 0 Å². The molecular weight excluding hydrogens is 262 g/mol. The Morgan fingerprint density at radius 3 is 2.65 bits per heavy atom. The van der Waals surface area contributed by atoms with Gasteiger partial charge in [-0.3, -0.25) is 4.79 Å². The van der Waals surface area contributed by atoms with E-state index in [1.54, 1.807) is 4.90 Å². The van der Waals surface area contributed by atoms with E-state index in [-0.39, 0.29) is 12.0 Å². The second-order valence-electron chi connectivity index (χ2n) is 6.71. The molecule has 6 nitrogen and oxygen atoms in total. The molecule has 2 aliphatic rings. The Morgan fingerprint density at radius 2 is 2.10 bits per heavy atom.